The lowest BCUT2D eigenvalue weighted by atomic mass is 9.89. The number of aliphatic hydroxyl groups excluding tert-OH is 2. The predicted molar refractivity (Wildman–Crippen MR) is 158 cm³/mol. The first-order valence-electron chi connectivity index (χ1n) is 15.4. The van der Waals surface area contributed by atoms with Gasteiger partial charge in [0.15, 0.2) is 0 Å². The minimum absolute atomic E-state index is 0.0873. The van der Waals surface area contributed by atoms with E-state index in [1.54, 1.807) is 12.2 Å². The Morgan fingerprint density at radius 2 is 1.69 bits per heavy atom. The molecule has 2 N–H and O–H groups in total. The lowest BCUT2D eigenvalue weighted by Crippen LogP contribution is -2.28. The summed E-state index contributed by atoms with van der Waals surface area (Å²) in [6, 6.07) is 0. The van der Waals surface area contributed by atoms with E-state index >= 15 is 0 Å². The third-order valence-electron chi connectivity index (χ3n) is 7.47. The Hall–Kier alpha value is -1.92. The maximum absolute atomic E-state index is 13.0. The minimum Gasteiger partial charge on any atom is -0.463 e. The van der Waals surface area contributed by atoms with Crippen LogP contribution in [0.5, 0.6) is 0 Å². The van der Waals surface area contributed by atoms with E-state index in [1.807, 2.05) is 26.0 Å². The molecule has 0 heterocycles. The van der Waals surface area contributed by atoms with Crippen molar-refractivity contribution in [3.8, 4) is 0 Å². The molecule has 0 saturated heterocycles. The van der Waals surface area contributed by atoms with Crippen molar-refractivity contribution in [2.45, 2.75) is 142 Å². The lowest BCUT2D eigenvalue weighted by molar-refractivity contribution is -0.154. The third-order valence-corrected chi connectivity index (χ3v) is 7.47. The monoisotopic (exact) mass is 548 g/mol. The molecule has 0 aromatic carbocycles. The first kappa shape index (κ1) is 35.1. The van der Waals surface area contributed by atoms with Gasteiger partial charge in [-0.3, -0.25) is 9.59 Å². The van der Waals surface area contributed by atoms with Gasteiger partial charge in [-0.25, -0.2) is 0 Å². The lowest BCUT2D eigenvalue weighted by Gasteiger charge is -2.24. The van der Waals surface area contributed by atoms with E-state index in [0.717, 1.165) is 57.8 Å². The number of rotatable bonds is 21. The van der Waals surface area contributed by atoms with Crippen LogP contribution in [-0.2, 0) is 19.1 Å². The molecule has 39 heavy (non-hydrogen) atoms. The van der Waals surface area contributed by atoms with Crippen LogP contribution in [0.3, 0.4) is 0 Å². The number of carbonyl (C=O) groups excluding carboxylic acids is 2. The van der Waals surface area contributed by atoms with Crippen molar-refractivity contribution in [1.29, 1.82) is 0 Å². The van der Waals surface area contributed by atoms with Gasteiger partial charge in [-0.2, -0.15) is 0 Å². The fraction of sp³-hybridized carbons (Fsp3) is 0.758. The van der Waals surface area contributed by atoms with Gasteiger partial charge >= 0.3 is 11.9 Å². The van der Waals surface area contributed by atoms with Crippen molar-refractivity contribution in [3.63, 3.8) is 0 Å². The number of allylic oxidation sites excluding steroid dienone is 2. The third kappa shape index (κ3) is 14.9. The number of esters is 2. The molecule has 1 rings (SSSR count). The first-order valence-corrected chi connectivity index (χ1v) is 15.4. The Morgan fingerprint density at radius 1 is 1.00 bits per heavy atom. The van der Waals surface area contributed by atoms with Gasteiger partial charge in [0.1, 0.15) is 6.10 Å². The molecule has 0 aromatic rings. The summed E-state index contributed by atoms with van der Waals surface area (Å²) < 4.78 is 11.2. The van der Waals surface area contributed by atoms with Crippen molar-refractivity contribution < 1.29 is 29.3 Å². The predicted octanol–water partition coefficient (Wildman–Crippen LogP) is 7.23. The summed E-state index contributed by atoms with van der Waals surface area (Å²) in [5.74, 6) is -1.08. The second-order valence-electron chi connectivity index (χ2n) is 11.3. The standard InChI is InChI=1S/C33H56O6/c1-6-9-11-15-18-26(8-3)33(37)39-31-24-30(35)28(23-22-27(34)19-14-10-7-2)29(31)20-16-12-13-17-21-32(36)38-25(4)5/h8,12,16,22-23,25-31,34-35H,3,6-7,9-11,13-15,17-21,24H2,1-2,4-5H3/b16-12-,23-22+/t26?,27-,28+,29+,30+,31-/m0/s1. The van der Waals surface area contributed by atoms with Gasteiger partial charge in [-0.15, -0.1) is 6.58 Å². The fourth-order valence-corrected chi connectivity index (χ4v) is 5.19. The van der Waals surface area contributed by atoms with Crippen LogP contribution in [0.4, 0.5) is 0 Å². The summed E-state index contributed by atoms with van der Waals surface area (Å²) in [5.41, 5.74) is 0. The molecular formula is C33H56O6. The molecule has 1 saturated carbocycles. The molecule has 0 amide bonds. The molecule has 0 aromatic heterocycles. The van der Waals surface area contributed by atoms with Crippen LogP contribution in [0.1, 0.15) is 118 Å². The zero-order valence-electron chi connectivity index (χ0n) is 25.1. The van der Waals surface area contributed by atoms with E-state index < -0.39 is 18.3 Å². The highest BCUT2D eigenvalue weighted by atomic mass is 16.5. The van der Waals surface area contributed by atoms with Crippen LogP contribution in [0, 0.1) is 17.8 Å². The molecule has 1 fully saturated rings. The van der Waals surface area contributed by atoms with E-state index in [-0.39, 0.29) is 35.8 Å². The molecule has 1 unspecified atom stereocenters. The van der Waals surface area contributed by atoms with Crippen molar-refractivity contribution in [3.05, 3.63) is 37.0 Å². The van der Waals surface area contributed by atoms with Crippen LogP contribution < -0.4 is 0 Å². The first-order chi connectivity index (χ1) is 18.7. The topological polar surface area (TPSA) is 93.1 Å². The van der Waals surface area contributed by atoms with Gasteiger partial charge in [0.05, 0.1) is 24.2 Å². The van der Waals surface area contributed by atoms with Crippen LogP contribution >= 0.6 is 0 Å². The number of ether oxygens (including phenoxy) is 2. The molecule has 0 spiro atoms. The number of hydrogen-bond acceptors (Lipinski definition) is 6. The van der Waals surface area contributed by atoms with E-state index in [2.05, 4.69) is 26.5 Å². The number of hydrogen-bond donors (Lipinski definition) is 2. The number of aliphatic hydroxyl groups is 2. The Bertz CT molecular complexity index is 742. The summed E-state index contributed by atoms with van der Waals surface area (Å²) in [6.45, 7) is 11.8. The van der Waals surface area contributed by atoms with Crippen molar-refractivity contribution >= 4 is 11.9 Å². The van der Waals surface area contributed by atoms with Gasteiger partial charge in [0.25, 0.3) is 0 Å². The summed E-state index contributed by atoms with van der Waals surface area (Å²) in [4.78, 5) is 24.8. The van der Waals surface area contributed by atoms with Crippen LogP contribution in [0.15, 0.2) is 37.0 Å². The molecule has 0 radical (unpaired) electrons. The maximum atomic E-state index is 13.0. The molecule has 1 aliphatic rings. The minimum atomic E-state index is -0.641. The van der Waals surface area contributed by atoms with Crippen molar-refractivity contribution in [2.24, 2.45) is 17.8 Å². The zero-order valence-corrected chi connectivity index (χ0v) is 25.1. The Morgan fingerprint density at radius 3 is 2.36 bits per heavy atom. The molecule has 224 valence electrons. The van der Waals surface area contributed by atoms with Crippen LogP contribution in [0.25, 0.3) is 0 Å². The average molecular weight is 549 g/mol. The van der Waals surface area contributed by atoms with Gasteiger partial charge in [0.2, 0.25) is 0 Å². The highest BCUT2D eigenvalue weighted by molar-refractivity contribution is 5.74. The second-order valence-corrected chi connectivity index (χ2v) is 11.3. The average Bonchev–Trinajstić information content (AvgIpc) is 3.17. The van der Waals surface area contributed by atoms with Crippen LogP contribution in [-0.4, -0.2) is 46.6 Å². The van der Waals surface area contributed by atoms with Gasteiger partial charge in [-0.1, -0.05) is 89.2 Å². The molecular weight excluding hydrogens is 492 g/mol. The fourth-order valence-electron chi connectivity index (χ4n) is 5.19. The summed E-state index contributed by atoms with van der Waals surface area (Å²) in [5, 5.41) is 21.3. The normalized spacial score (nSPS) is 22.9. The Balaban J connectivity index is 2.83. The Kier molecular flexibility index (Phi) is 18.8. The summed E-state index contributed by atoms with van der Waals surface area (Å²) in [7, 11) is 0. The maximum Gasteiger partial charge on any atom is 0.313 e. The molecule has 1 aliphatic carbocycles. The van der Waals surface area contributed by atoms with E-state index in [9.17, 15) is 19.8 Å². The Labute approximate surface area is 237 Å². The molecule has 0 bridgehead atoms. The highest BCUT2D eigenvalue weighted by Crippen LogP contribution is 2.39. The van der Waals surface area contributed by atoms with Gasteiger partial charge in [-0.05, 0) is 46.0 Å². The number of carbonyl (C=O) groups is 2. The van der Waals surface area contributed by atoms with Crippen molar-refractivity contribution in [1.82, 2.24) is 0 Å². The van der Waals surface area contributed by atoms with Crippen LogP contribution in [0.2, 0.25) is 0 Å². The molecule has 6 atom stereocenters. The molecule has 6 heteroatoms. The van der Waals surface area contributed by atoms with E-state index in [4.69, 9.17) is 9.47 Å². The van der Waals surface area contributed by atoms with Gasteiger partial charge < -0.3 is 19.7 Å². The van der Waals surface area contributed by atoms with E-state index in [0.29, 0.717) is 32.1 Å². The summed E-state index contributed by atoms with van der Waals surface area (Å²) >= 11 is 0. The SMILES string of the molecule is C=CC(CCCCCC)C(=O)O[C@H]1C[C@@H](O)[C@H](/C=C/[C@@H](O)CCCCC)[C@H]1C/C=C\CCCC(=O)OC(C)C. The van der Waals surface area contributed by atoms with E-state index in [1.165, 1.54) is 0 Å². The number of unbranched alkanes of at least 4 members (excludes halogenated alkanes) is 6. The summed E-state index contributed by atoms with van der Waals surface area (Å²) in [6.07, 6.45) is 19.6. The second kappa shape index (κ2) is 20.9. The molecule has 0 aliphatic heterocycles. The highest BCUT2D eigenvalue weighted by Gasteiger charge is 2.43. The quantitative estimate of drug-likeness (QED) is 0.0893. The van der Waals surface area contributed by atoms with Gasteiger partial charge in [0, 0.05) is 24.7 Å². The van der Waals surface area contributed by atoms with Crippen molar-refractivity contribution in [2.75, 3.05) is 0 Å². The smallest absolute Gasteiger partial charge is 0.313 e. The molecule has 6 nitrogen and oxygen atoms in total. The largest absolute Gasteiger partial charge is 0.463 e. The zero-order chi connectivity index (χ0) is 29.0.